The molecule has 0 unspecified atom stereocenters. The topological polar surface area (TPSA) is 184 Å². The Bertz CT molecular complexity index is 1490. The van der Waals surface area contributed by atoms with Gasteiger partial charge in [-0.2, -0.15) is 0 Å². The van der Waals surface area contributed by atoms with Crippen LogP contribution < -0.4 is 21.4 Å². The highest BCUT2D eigenvalue weighted by Gasteiger charge is 2.32. The van der Waals surface area contributed by atoms with Crippen molar-refractivity contribution in [3.8, 4) is 11.3 Å². The number of carbonyl (C=O) groups excluding carboxylic acids is 4. The van der Waals surface area contributed by atoms with Gasteiger partial charge in [0.25, 0.3) is 5.91 Å². The second-order valence-electron chi connectivity index (χ2n) is 12.2. The summed E-state index contributed by atoms with van der Waals surface area (Å²) in [4.78, 5) is 59.5. The molecule has 0 aliphatic carbocycles. The summed E-state index contributed by atoms with van der Waals surface area (Å²) in [5.74, 6) is -1.60. The Morgan fingerprint density at radius 1 is 0.776 bits per heavy atom. The van der Waals surface area contributed by atoms with Gasteiger partial charge in [0.05, 0.1) is 38.3 Å². The minimum Gasteiger partial charge on any atom is -0.453 e. The van der Waals surface area contributed by atoms with Crippen LogP contribution in [0.15, 0.2) is 73.2 Å². The molecule has 0 bridgehead atoms. The zero-order valence-electron chi connectivity index (χ0n) is 28.8. The lowest BCUT2D eigenvalue weighted by molar-refractivity contribution is -0.131. The summed E-state index contributed by atoms with van der Waals surface area (Å²) < 4.78 is 9.43. The number of aliphatic hydroxyl groups is 1. The predicted molar refractivity (Wildman–Crippen MR) is 182 cm³/mol. The molecule has 14 heteroatoms. The number of amides is 4. The zero-order chi connectivity index (χ0) is 35.9. The van der Waals surface area contributed by atoms with Gasteiger partial charge in [-0.05, 0) is 29.4 Å². The lowest BCUT2D eigenvalue weighted by atomic mass is 9.98. The molecular formula is C35H47N7O7. The van der Waals surface area contributed by atoms with Crippen LogP contribution >= 0.6 is 0 Å². The Morgan fingerprint density at radius 2 is 1.37 bits per heavy atom. The maximum Gasteiger partial charge on any atom is 0.407 e. The number of ether oxygens (including phenoxy) is 2. The molecule has 5 N–H and O–H groups in total. The number of benzene rings is 2. The van der Waals surface area contributed by atoms with Crippen LogP contribution in [0.1, 0.15) is 38.8 Å². The molecule has 2 aromatic carbocycles. The van der Waals surface area contributed by atoms with Gasteiger partial charge >= 0.3 is 12.2 Å². The lowest BCUT2D eigenvalue weighted by Gasteiger charge is -2.33. The normalized spacial score (nSPS) is 13.6. The fourth-order valence-electron chi connectivity index (χ4n) is 5.04. The van der Waals surface area contributed by atoms with Crippen LogP contribution in [0.2, 0.25) is 0 Å². The monoisotopic (exact) mass is 677 g/mol. The second-order valence-corrected chi connectivity index (χ2v) is 12.2. The molecule has 0 aliphatic rings. The summed E-state index contributed by atoms with van der Waals surface area (Å²) in [5, 5.41) is 21.3. The van der Waals surface area contributed by atoms with E-state index >= 15 is 0 Å². The van der Waals surface area contributed by atoms with Gasteiger partial charge in [0, 0.05) is 31.0 Å². The van der Waals surface area contributed by atoms with Crippen molar-refractivity contribution in [2.24, 2.45) is 11.8 Å². The molecule has 1 heterocycles. The number of alkyl carbamates (subject to hydrolysis) is 2. The molecule has 3 rings (SSSR count). The van der Waals surface area contributed by atoms with E-state index in [0.717, 1.165) is 16.7 Å². The fourth-order valence-corrected chi connectivity index (χ4v) is 5.04. The average Bonchev–Trinajstić information content (AvgIpc) is 3.09. The van der Waals surface area contributed by atoms with Crippen molar-refractivity contribution in [3.63, 3.8) is 0 Å². The van der Waals surface area contributed by atoms with E-state index in [-0.39, 0.29) is 31.3 Å². The highest BCUT2D eigenvalue weighted by Crippen LogP contribution is 2.18. The number of rotatable bonds is 16. The molecule has 1 aromatic heterocycles. The number of nitrogens with one attached hydrogen (secondary N) is 4. The van der Waals surface area contributed by atoms with E-state index in [1.807, 2.05) is 54.6 Å². The summed E-state index contributed by atoms with van der Waals surface area (Å²) in [6, 6.07) is 14.1. The Hall–Kier alpha value is -5.08. The Morgan fingerprint density at radius 3 is 1.90 bits per heavy atom. The van der Waals surface area contributed by atoms with Crippen LogP contribution in [0.25, 0.3) is 11.3 Å². The third kappa shape index (κ3) is 12.1. The quantitative estimate of drug-likeness (QED) is 0.141. The standard InChI is InChI=1S/C35H47N7O7/c1-22(2)30(39-34(46)48-5)32(44)38-27(18-24-10-8-7-9-11-24)29(43)21-42(41-33(45)31(23(3)4)40-35(47)49-6)20-25-12-14-26(15-13-25)28-19-36-16-17-37-28/h7-17,19,22-23,27,29-31,43H,18,20-21H2,1-6H3,(H,38,44)(H,39,46)(H,40,47)(H,41,45)/t27-,29-,30-,31-/m0/s1. The van der Waals surface area contributed by atoms with Crippen molar-refractivity contribution in [2.75, 3.05) is 20.8 Å². The van der Waals surface area contributed by atoms with E-state index in [1.54, 1.807) is 46.3 Å². The third-order valence-corrected chi connectivity index (χ3v) is 7.77. The highest BCUT2D eigenvalue weighted by atomic mass is 16.5. The van der Waals surface area contributed by atoms with Crippen molar-refractivity contribution in [2.45, 2.75) is 64.9 Å². The largest absolute Gasteiger partial charge is 0.453 e. The molecule has 3 aromatic rings. The van der Waals surface area contributed by atoms with E-state index in [0.29, 0.717) is 5.69 Å². The van der Waals surface area contributed by atoms with Crippen molar-refractivity contribution in [3.05, 3.63) is 84.3 Å². The lowest BCUT2D eigenvalue weighted by Crippen LogP contribution is -2.59. The summed E-state index contributed by atoms with van der Waals surface area (Å²) in [6.45, 7) is 7.17. The highest BCUT2D eigenvalue weighted by molar-refractivity contribution is 5.86. The summed E-state index contributed by atoms with van der Waals surface area (Å²) in [5.41, 5.74) is 6.05. The number of hydrogen-bond donors (Lipinski definition) is 5. The molecule has 0 fully saturated rings. The van der Waals surface area contributed by atoms with Crippen LogP contribution in [0, 0.1) is 11.8 Å². The van der Waals surface area contributed by atoms with Crippen molar-refractivity contribution in [1.82, 2.24) is 36.4 Å². The summed E-state index contributed by atoms with van der Waals surface area (Å²) in [7, 11) is 2.42. The van der Waals surface area contributed by atoms with E-state index in [2.05, 4.69) is 31.3 Å². The van der Waals surface area contributed by atoms with Gasteiger partial charge in [0.2, 0.25) is 5.91 Å². The number of aliphatic hydroxyl groups excluding tert-OH is 1. The minimum atomic E-state index is -1.21. The van der Waals surface area contributed by atoms with E-state index in [1.165, 1.54) is 19.2 Å². The molecule has 49 heavy (non-hydrogen) atoms. The minimum absolute atomic E-state index is 0.116. The van der Waals surface area contributed by atoms with Gasteiger partial charge < -0.3 is 30.5 Å². The van der Waals surface area contributed by atoms with Gasteiger partial charge in [-0.1, -0.05) is 82.3 Å². The Kier molecular flexibility index (Phi) is 14.9. The van der Waals surface area contributed by atoms with Gasteiger partial charge in [0.1, 0.15) is 12.1 Å². The first-order chi connectivity index (χ1) is 23.4. The number of nitrogens with zero attached hydrogens (tertiary/aromatic N) is 3. The van der Waals surface area contributed by atoms with Gasteiger partial charge in [-0.25, -0.2) is 14.6 Å². The van der Waals surface area contributed by atoms with E-state index < -0.39 is 48.2 Å². The van der Waals surface area contributed by atoms with Crippen LogP contribution in [-0.4, -0.2) is 89.1 Å². The zero-order valence-corrected chi connectivity index (χ0v) is 28.8. The van der Waals surface area contributed by atoms with Crippen molar-refractivity contribution < 1.29 is 33.8 Å². The summed E-state index contributed by atoms with van der Waals surface area (Å²) >= 11 is 0. The second kappa shape index (κ2) is 19.1. The van der Waals surface area contributed by atoms with Crippen LogP contribution in [-0.2, 0) is 32.0 Å². The average molecular weight is 678 g/mol. The Labute approximate surface area is 287 Å². The smallest absolute Gasteiger partial charge is 0.407 e. The van der Waals surface area contributed by atoms with Crippen molar-refractivity contribution >= 4 is 24.0 Å². The SMILES string of the molecule is COC(=O)N[C@H](C(=O)N[C@@H](Cc1ccccc1)[C@@H](O)CN(Cc1ccc(-c2cnccn2)cc1)NC(=O)[C@@H](NC(=O)OC)C(C)C)C(C)C. The van der Waals surface area contributed by atoms with Gasteiger partial charge in [-0.15, -0.1) is 0 Å². The van der Waals surface area contributed by atoms with E-state index in [4.69, 9.17) is 9.47 Å². The number of hydrogen-bond acceptors (Lipinski definition) is 10. The number of hydrazine groups is 1. The predicted octanol–water partition coefficient (Wildman–Crippen LogP) is 2.83. The van der Waals surface area contributed by atoms with Crippen LogP contribution in [0.3, 0.4) is 0 Å². The number of methoxy groups -OCH3 is 2. The fraction of sp³-hybridized carbons (Fsp3) is 0.429. The molecule has 4 amide bonds. The maximum absolute atomic E-state index is 13.5. The van der Waals surface area contributed by atoms with Crippen molar-refractivity contribution in [1.29, 1.82) is 0 Å². The van der Waals surface area contributed by atoms with E-state index in [9.17, 15) is 24.3 Å². The van der Waals surface area contributed by atoms with Crippen LogP contribution in [0.5, 0.6) is 0 Å². The van der Waals surface area contributed by atoms with Gasteiger partial charge in [-0.3, -0.25) is 25.0 Å². The first-order valence-electron chi connectivity index (χ1n) is 16.0. The molecule has 0 aliphatic heterocycles. The molecule has 14 nitrogen and oxygen atoms in total. The molecule has 264 valence electrons. The molecule has 0 radical (unpaired) electrons. The van der Waals surface area contributed by atoms with Gasteiger partial charge in [0.15, 0.2) is 0 Å². The first kappa shape index (κ1) is 38.4. The molecule has 0 saturated heterocycles. The molecular weight excluding hydrogens is 630 g/mol. The van der Waals surface area contributed by atoms with Crippen LogP contribution in [0.4, 0.5) is 9.59 Å². The first-order valence-corrected chi connectivity index (χ1v) is 16.0. The number of carbonyl (C=O) groups is 4. The molecule has 0 spiro atoms. The third-order valence-electron chi connectivity index (χ3n) is 7.77. The Balaban J connectivity index is 1.91. The summed E-state index contributed by atoms with van der Waals surface area (Å²) in [6.07, 6.45) is 2.39. The molecule has 4 atom stereocenters. The maximum atomic E-state index is 13.5. The number of aromatic nitrogens is 2. The molecule has 0 saturated carbocycles.